The van der Waals surface area contributed by atoms with Crippen LogP contribution in [0.5, 0.6) is 0 Å². The number of rotatable bonds is 7. The van der Waals surface area contributed by atoms with E-state index in [4.69, 9.17) is 9.47 Å². The number of aromatic amines is 1. The van der Waals surface area contributed by atoms with Gasteiger partial charge in [-0.2, -0.15) is 0 Å². The van der Waals surface area contributed by atoms with Crippen molar-refractivity contribution in [2.45, 2.75) is 27.7 Å². The molecule has 0 fully saturated rings. The molecule has 0 aliphatic rings. The molecular weight excluding hydrogens is 364 g/mol. The second kappa shape index (κ2) is 8.98. The average Bonchev–Trinajstić information content (AvgIpc) is 2.94. The largest absolute Gasteiger partial charge is 0.462 e. The molecule has 8 nitrogen and oxygen atoms in total. The molecule has 0 saturated heterocycles. The fourth-order valence-corrected chi connectivity index (χ4v) is 2.68. The first-order valence-corrected chi connectivity index (χ1v) is 8.68. The lowest BCUT2D eigenvalue weighted by molar-refractivity contribution is -0.119. The molecule has 0 saturated carbocycles. The van der Waals surface area contributed by atoms with E-state index in [1.165, 1.54) is 13.0 Å². The highest BCUT2D eigenvalue weighted by molar-refractivity contribution is 6.00. The Morgan fingerprint density at radius 1 is 1.07 bits per heavy atom. The Kier molecular flexibility index (Phi) is 6.70. The average molecular weight is 386 g/mol. The summed E-state index contributed by atoms with van der Waals surface area (Å²) in [5.41, 5.74) is 2.12. The van der Waals surface area contributed by atoms with Gasteiger partial charge in [0.25, 0.3) is 5.91 Å². The summed E-state index contributed by atoms with van der Waals surface area (Å²) in [6, 6.07) is 6.43. The highest BCUT2D eigenvalue weighted by Crippen LogP contribution is 2.20. The highest BCUT2D eigenvalue weighted by Gasteiger charge is 2.24. The van der Waals surface area contributed by atoms with Crippen LogP contribution in [0.4, 0.5) is 5.69 Å². The van der Waals surface area contributed by atoms with Crippen molar-refractivity contribution in [3.63, 3.8) is 0 Å². The van der Waals surface area contributed by atoms with E-state index in [9.17, 15) is 19.2 Å². The number of carbonyl (C=O) groups is 4. The molecule has 8 heteroatoms. The SMILES string of the molecule is CCOC(=O)c1c(C)[nH]c(C(=O)OCC(=O)Nc2cccc(C(C)=O)c2)c1C. The zero-order chi connectivity index (χ0) is 20.8. The Morgan fingerprint density at radius 2 is 1.79 bits per heavy atom. The van der Waals surface area contributed by atoms with Crippen molar-refractivity contribution in [2.75, 3.05) is 18.5 Å². The van der Waals surface area contributed by atoms with E-state index in [-0.39, 0.29) is 23.6 Å². The number of carbonyl (C=O) groups excluding carboxylic acids is 4. The second-order valence-electron chi connectivity index (χ2n) is 6.11. The number of ketones is 1. The third kappa shape index (κ3) is 4.85. The highest BCUT2D eigenvalue weighted by atomic mass is 16.5. The van der Waals surface area contributed by atoms with Gasteiger partial charge < -0.3 is 19.8 Å². The van der Waals surface area contributed by atoms with E-state index in [2.05, 4.69) is 10.3 Å². The number of hydrogen-bond donors (Lipinski definition) is 2. The molecule has 1 aromatic heterocycles. The Balaban J connectivity index is 2.01. The number of aromatic nitrogens is 1. The monoisotopic (exact) mass is 386 g/mol. The summed E-state index contributed by atoms with van der Waals surface area (Å²) >= 11 is 0. The van der Waals surface area contributed by atoms with Crippen LogP contribution in [0.25, 0.3) is 0 Å². The molecule has 0 aliphatic heterocycles. The number of ether oxygens (including phenoxy) is 2. The van der Waals surface area contributed by atoms with Crippen LogP contribution in [0.3, 0.4) is 0 Å². The number of Topliss-reactive ketones (excluding diaryl/α,β-unsaturated/α-hetero) is 1. The van der Waals surface area contributed by atoms with Crippen molar-refractivity contribution in [1.29, 1.82) is 0 Å². The van der Waals surface area contributed by atoms with Crippen molar-refractivity contribution in [3.8, 4) is 0 Å². The van der Waals surface area contributed by atoms with Crippen LogP contribution in [0.2, 0.25) is 0 Å². The summed E-state index contributed by atoms with van der Waals surface area (Å²) in [6.07, 6.45) is 0. The minimum atomic E-state index is -0.760. The standard InChI is InChI=1S/C20H22N2O6/c1-5-27-19(25)17-11(2)18(21-12(17)3)20(26)28-10-16(24)22-15-8-6-7-14(9-15)13(4)23/h6-9,21H,5,10H2,1-4H3,(H,22,24). The van der Waals surface area contributed by atoms with E-state index >= 15 is 0 Å². The first-order chi connectivity index (χ1) is 13.2. The van der Waals surface area contributed by atoms with Crippen molar-refractivity contribution < 1.29 is 28.7 Å². The molecule has 28 heavy (non-hydrogen) atoms. The van der Waals surface area contributed by atoms with Gasteiger partial charge in [-0.15, -0.1) is 0 Å². The van der Waals surface area contributed by atoms with Crippen molar-refractivity contribution in [2.24, 2.45) is 0 Å². The Hall–Kier alpha value is -3.42. The Morgan fingerprint density at radius 3 is 2.43 bits per heavy atom. The number of H-pyrrole nitrogens is 1. The summed E-state index contributed by atoms with van der Waals surface area (Å²) in [5, 5.41) is 2.56. The van der Waals surface area contributed by atoms with E-state index in [0.29, 0.717) is 22.5 Å². The van der Waals surface area contributed by atoms with E-state index < -0.39 is 24.5 Å². The van der Waals surface area contributed by atoms with Crippen LogP contribution >= 0.6 is 0 Å². The number of aryl methyl sites for hydroxylation is 1. The maximum atomic E-state index is 12.3. The van der Waals surface area contributed by atoms with E-state index in [1.54, 1.807) is 39.0 Å². The molecule has 1 aromatic carbocycles. The van der Waals surface area contributed by atoms with Gasteiger partial charge in [-0.05, 0) is 45.4 Å². The van der Waals surface area contributed by atoms with E-state index in [0.717, 1.165) is 0 Å². The topological polar surface area (TPSA) is 115 Å². The van der Waals surface area contributed by atoms with Crippen molar-refractivity contribution in [1.82, 2.24) is 4.98 Å². The van der Waals surface area contributed by atoms with Gasteiger partial charge in [0.05, 0.1) is 12.2 Å². The normalized spacial score (nSPS) is 10.3. The molecule has 1 heterocycles. The molecule has 2 N–H and O–H groups in total. The fourth-order valence-electron chi connectivity index (χ4n) is 2.68. The lowest BCUT2D eigenvalue weighted by atomic mass is 10.1. The van der Waals surface area contributed by atoms with Gasteiger partial charge in [0.2, 0.25) is 0 Å². The minimum Gasteiger partial charge on any atom is -0.462 e. The molecule has 0 spiro atoms. The molecular formula is C20H22N2O6. The van der Waals surface area contributed by atoms with Crippen LogP contribution in [0, 0.1) is 13.8 Å². The summed E-state index contributed by atoms with van der Waals surface area (Å²) in [5.74, 6) is -1.97. The number of nitrogens with one attached hydrogen (secondary N) is 2. The minimum absolute atomic E-state index is 0.0898. The number of anilines is 1. The van der Waals surface area contributed by atoms with Gasteiger partial charge in [-0.3, -0.25) is 9.59 Å². The summed E-state index contributed by atoms with van der Waals surface area (Å²) in [7, 11) is 0. The van der Waals surface area contributed by atoms with Gasteiger partial charge >= 0.3 is 11.9 Å². The van der Waals surface area contributed by atoms with Crippen molar-refractivity contribution >= 4 is 29.3 Å². The van der Waals surface area contributed by atoms with Crippen molar-refractivity contribution in [3.05, 3.63) is 52.3 Å². The predicted molar refractivity (Wildman–Crippen MR) is 102 cm³/mol. The zero-order valence-corrected chi connectivity index (χ0v) is 16.2. The van der Waals surface area contributed by atoms with E-state index in [1.807, 2.05) is 0 Å². The predicted octanol–water partition coefficient (Wildman–Crippen LogP) is 2.81. The smallest absolute Gasteiger partial charge is 0.355 e. The van der Waals surface area contributed by atoms with Crippen LogP contribution < -0.4 is 5.32 Å². The van der Waals surface area contributed by atoms with Gasteiger partial charge in [-0.25, -0.2) is 9.59 Å². The van der Waals surface area contributed by atoms with Gasteiger partial charge in [0, 0.05) is 16.9 Å². The molecule has 0 unspecified atom stereocenters. The first kappa shape index (κ1) is 20.9. The quantitative estimate of drug-likeness (QED) is 0.559. The third-order valence-electron chi connectivity index (χ3n) is 4.01. The molecule has 0 aliphatic carbocycles. The second-order valence-corrected chi connectivity index (χ2v) is 6.11. The van der Waals surface area contributed by atoms with Gasteiger partial charge in [-0.1, -0.05) is 12.1 Å². The summed E-state index contributed by atoms with van der Waals surface area (Å²) in [4.78, 5) is 50.5. The Bertz CT molecular complexity index is 929. The lowest BCUT2D eigenvalue weighted by Gasteiger charge is -2.07. The first-order valence-electron chi connectivity index (χ1n) is 8.68. The molecule has 0 atom stereocenters. The molecule has 1 amide bonds. The van der Waals surface area contributed by atoms with Gasteiger partial charge in [0.1, 0.15) is 5.69 Å². The number of benzene rings is 1. The van der Waals surface area contributed by atoms with Crippen LogP contribution in [0.1, 0.15) is 56.3 Å². The third-order valence-corrected chi connectivity index (χ3v) is 4.01. The molecule has 2 rings (SSSR count). The summed E-state index contributed by atoms with van der Waals surface area (Å²) < 4.78 is 10.0. The number of esters is 2. The maximum Gasteiger partial charge on any atom is 0.355 e. The Labute approximate surface area is 162 Å². The fraction of sp³-hybridized carbons (Fsp3) is 0.300. The molecule has 148 valence electrons. The molecule has 0 bridgehead atoms. The maximum absolute atomic E-state index is 12.3. The van der Waals surface area contributed by atoms with Crippen LogP contribution in [-0.2, 0) is 14.3 Å². The lowest BCUT2D eigenvalue weighted by Crippen LogP contribution is -2.21. The number of amides is 1. The molecule has 0 radical (unpaired) electrons. The van der Waals surface area contributed by atoms with Gasteiger partial charge in [0.15, 0.2) is 12.4 Å². The number of hydrogen-bond acceptors (Lipinski definition) is 6. The van der Waals surface area contributed by atoms with Crippen LogP contribution in [-0.4, -0.2) is 41.8 Å². The van der Waals surface area contributed by atoms with Crippen LogP contribution in [0.15, 0.2) is 24.3 Å². The molecule has 2 aromatic rings. The summed E-state index contributed by atoms with van der Waals surface area (Å²) in [6.45, 7) is 6.05. The zero-order valence-electron chi connectivity index (χ0n) is 16.2.